The molecule has 6 nitrogen and oxygen atoms in total. The minimum atomic E-state index is -0.186. The molecule has 3 amide bonds. The van der Waals surface area contributed by atoms with Crippen molar-refractivity contribution in [1.82, 2.24) is 9.80 Å². The summed E-state index contributed by atoms with van der Waals surface area (Å²) in [4.78, 5) is 40.3. The lowest BCUT2D eigenvalue weighted by Crippen LogP contribution is -2.37. The van der Waals surface area contributed by atoms with E-state index in [0.717, 1.165) is 0 Å². The molecule has 1 saturated heterocycles. The molecule has 2 aromatic carbocycles. The molecule has 0 aromatic heterocycles. The zero-order valence-corrected chi connectivity index (χ0v) is 16.4. The van der Waals surface area contributed by atoms with Gasteiger partial charge in [-0.3, -0.25) is 14.4 Å². The molecule has 0 unspecified atom stereocenters. The van der Waals surface area contributed by atoms with E-state index in [4.69, 9.17) is 11.6 Å². The molecular weight excluding hydrogens is 378 g/mol. The van der Waals surface area contributed by atoms with Gasteiger partial charge in [-0.1, -0.05) is 23.7 Å². The zero-order chi connectivity index (χ0) is 20.1. The Morgan fingerprint density at radius 3 is 2.00 bits per heavy atom. The molecule has 3 rings (SSSR count). The van der Waals surface area contributed by atoms with Gasteiger partial charge in [-0.15, -0.1) is 0 Å². The second kappa shape index (κ2) is 8.89. The quantitative estimate of drug-likeness (QED) is 0.861. The van der Waals surface area contributed by atoms with Crippen molar-refractivity contribution in [3.63, 3.8) is 0 Å². The molecule has 0 aliphatic carbocycles. The number of benzene rings is 2. The van der Waals surface area contributed by atoms with Crippen LogP contribution in [0.4, 0.5) is 5.69 Å². The van der Waals surface area contributed by atoms with Crippen molar-refractivity contribution in [3.8, 4) is 0 Å². The Balaban J connectivity index is 1.67. The van der Waals surface area contributed by atoms with Crippen LogP contribution in [0.15, 0.2) is 48.5 Å². The summed E-state index contributed by atoms with van der Waals surface area (Å²) in [5, 5.41) is 3.21. The van der Waals surface area contributed by atoms with E-state index >= 15 is 0 Å². The Kier molecular flexibility index (Phi) is 6.31. The van der Waals surface area contributed by atoms with E-state index in [9.17, 15) is 14.4 Å². The van der Waals surface area contributed by atoms with Gasteiger partial charge in [-0.05, 0) is 42.8 Å². The fraction of sp³-hybridized carbons (Fsp3) is 0.286. The molecule has 1 heterocycles. The molecule has 146 valence electrons. The molecule has 2 aromatic rings. The maximum absolute atomic E-state index is 12.9. The lowest BCUT2D eigenvalue weighted by Gasteiger charge is -2.22. The molecule has 1 aliphatic heterocycles. The largest absolute Gasteiger partial charge is 0.337 e. The predicted octanol–water partition coefficient (Wildman–Crippen LogP) is 3.29. The van der Waals surface area contributed by atoms with Crippen molar-refractivity contribution < 1.29 is 14.4 Å². The summed E-state index contributed by atoms with van der Waals surface area (Å²) in [7, 11) is 0. The number of hydrogen-bond acceptors (Lipinski definition) is 3. The molecule has 0 radical (unpaired) electrons. The van der Waals surface area contributed by atoms with Gasteiger partial charge in [0.2, 0.25) is 5.91 Å². The van der Waals surface area contributed by atoms with E-state index in [1.54, 1.807) is 58.3 Å². The molecule has 0 spiro atoms. The third-order valence-electron chi connectivity index (χ3n) is 4.57. The van der Waals surface area contributed by atoms with Crippen LogP contribution in [-0.4, -0.2) is 53.7 Å². The Labute approximate surface area is 169 Å². The maximum atomic E-state index is 12.9. The molecule has 1 fully saturated rings. The van der Waals surface area contributed by atoms with Gasteiger partial charge in [-0.2, -0.15) is 0 Å². The smallest absolute Gasteiger partial charge is 0.253 e. The second-order valence-corrected chi connectivity index (χ2v) is 7.15. The highest BCUT2D eigenvalue weighted by Gasteiger charge is 2.23. The van der Waals surface area contributed by atoms with Gasteiger partial charge in [0.1, 0.15) is 0 Å². The highest BCUT2D eigenvalue weighted by atomic mass is 35.5. The standard InChI is InChI=1S/C21H22ClN3O3/c1-15(26)23-19-8-3-6-17(14-19)21(28)25-10-4-9-24(11-12-25)20(27)16-5-2-7-18(22)13-16/h2-3,5-8,13-14H,4,9-12H2,1H3,(H,23,26). The van der Waals surface area contributed by atoms with Crippen molar-refractivity contribution in [3.05, 3.63) is 64.7 Å². The van der Waals surface area contributed by atoms with Gasteiger partial charge < -0.3 is 15.1 Å². The van der Waals surface area contributed by atoms with Crippen molar-refractivity contribution >= 4 is 35.0 Å². The van der Waals surface area contributed by atoms with Crippen LogP contribution < -0.4 is 5.32 Å². The fourth-order valence-electron chi connectivity index (χ4n) is 3.24. The number of carbonyl (C=O) groups excluding carboxylic acids is 3. The van der Waals surface area contributed by atoms with Gasteiger partial charge in [0.15, 0.2) is 0 Å². The van der Waals surface area contributed by atoms with Crippen molar-refractivity contribution in [2.45, 2.75) is 13.3 Å². The number of carbonyl (C=O) groups is 3. The van der Waals surface area contributed by atoms with Crippen LogP contribution in [0.25, 0.3) is 0 Å². The van der Waals surface area contributed by atoms with E-state index in [0.29, 0.717) is 54.4 Å². The third-order valence-corrected chi connectivity index (χ3v) is 4.81. The van der Waals surface area contributed by atoms with Crippen LogP contribution in [-0.2, 0) is 4.79 Å². The molecule has 28 heavy (non-hydrogen) atoms. The molecule has 0 atom stereocenters. The Morgan fingerprint density at radius 2 is 1.43 bits per heavy atom. The van der Waals surface area contributed by atoms with Gasteiger partial charge in [0.25, 0.3) is 11.8 Å². The average molecular weight is 400 g/mol. The molecule has 7 heteroatoms. The first-order valence-electron chi connectivity index (χ1n) is 9.16. The van der Waals surface area contributed by atoms with Crippen LogP contribution in [0.5, 0.6) is 0 Å². The normalized spacial score (nSPS) is 14.4. The number of rotatable bonds is 3. The van der Waals surface area contributed by atoms with Gasteiger partial charge in [0.05, 0.1) is 0 Å². The Hall–Kier alpha value is -2.86. The third kappa shape index (κ3) is 4.89. The summed E-state index contributed by atoms with van der Waals surface area (Å²) in [5.74, 6) is -0.372. The summed E-state index contributed by atoms with van der Waals surface area (Å²) in [5.41, 5.74) is 1.65. The minimum absolute atomic E-state index is 0.0792. The number of nitrogens with one attached hydrogen (secondary N) is 1. The monoisotopic (exact) mass is 399 g/mol. The second-order valence-electron chi connectivity index (χ2n) is 6.71. The first kappa shape index (κ1) is 19.9. The van der Waals surface area contributed by atoms with Crippen molar-refractivity contribution in [2.24, 2.45) is 0 Å². The van der Waals surface area contributed by atoms with Crippen LogP contribution in [0.2, 0.25) is 5.02 Å². The summed E-state index contributed by atoms with van der Waals surface area (Å²) in [6, 6.07) is 13.8. The van der Waals surface area contributed by atoms with Crippen molar-refractivity contribution in [1.29, 1.82) is 0 Å². The molecule has 0 bridgehead atoms. The van der Waals surface area contributed by atoms with Gasteiger partial charge in [-0.25, -0.2) is 0 Å². The van der Waals surface area contributed by atoms with E-state index in [1.807, 2.05) is 0 Å². The lowest BCUT2D eigenvalue weighted by molar-refractivity contribution is -0.114. The summed E-state index contributed by atoms with van der Waals surface area (Å²) >= 11 is 5.99. The van der Waals surface area contributed by atoms with Gasteiger partial charge in [0, 0.05) is 54.9 Å². The van der Waals surface area contributed by atoms with Gasteiger partial charge >= 0.3 is 0 Å². The predicted molar refractivity (Wildman–Crippen MR) is 109 cm³/mol. The van der Waals surface area contributed by atoms with E-state index in [-0.39, 0.29) is 17.7 Å². The highest BCUT2D eigenvalue weighted by Crippen LogP contribution is 2.17. The van der Waals surface area contributed by atoms with Crippen LogP contribution in [0.3, 0.4) is 0 Å². The Morgan fingerprint density at radius 1 is 0.857 bits per heavy atom. The SMILES string of the molecule is CC(=O)Nc1cccc(C(=O)N2CCCN(C(=O)c3cccc(Cl)c3)CC2)c1. The minimum Gasteiger partial charge on any atom is -0.337 e. The molecular formula is C21H22ClN3O3. The number of amides is 3. The molecule has 1 N–H and O–H groups in total. The van der Waals surface area contributed by atoms with Crippen molar-refractivity contribution in [2.75, 3.05) is 31.5 Å². The fourth-order valence-corrected chi connectivity index (χ4v) is 3.43. The molecule has 0 saturated carbocycles. The Bertz CT molecular complexity index is 900. The highest BCUT2D eigenvalue weighted by molar-refractivity contribution is 6.30. The summed E-state index contributed by atoms with van der Waals surface area (Å²) in [6.07, 6.45) is 0.698. The summed E-state index contributed by atoms with van der Waals surface area (Å²) < 4.78 is 0. The van der Waals surface area contributed by atoms with E-state index < -0.39 is 0 Å². The number of halogens is 1. The number of hydrogen-bond donors (Lipinski definition) is 1. The zero-order valence-electron chi connectivity index (χ0n) is 15.7. The first-order chi connectivity index (χ1) is 13.4. The summed E-state index contributed by atoms with van der Waals surface area (Å²) in [6.45, 7) is 3.50. The maximum Gasteiger partial charge on any atom is 0.253 e. The average Bonchev–Trinajstić information content (AvgIpc) is 2.93. The lowest BCUT2D eigenvalue weighted by atomic mass is 10.1. The first-order valence-corrected chi connectivity index (χ1v) is 9.53. The van der Waals surface area contributed by atoms with E-state index in [2.05, 4.69) is 5.32 Å². The van der Waals surface area contributed by atoms with Crippen LogP contribution in [0, 0.1) is 0 Å². The van der Waals surface area contributed by atoms with E-state index in [1.165, 1.54) is 6.92 Å². The topological polar surface area (TPSA) is 69.7 Å². The van der Waals surface area contributed by atoms with Crippen LogP contribution in [0.1, 0.15) is 34.1 Å². The number of anilines is 1. The van der Waals surface area contributed by atoms with Crippen LogP contribution >= 0.6 is 11.6 Å². The number of nitrogens with zero attached hydrogens (tertiary/aromatic N) is 2. The molecule has 1 aliphatic rings.